The van der Waals surface area contributed by atoms with Gasteiger partial charge >= 0.3 is 12.3 Å². The van der Waals surface area contributed by atoms with E-state index in [0.717, 1.165) is 0 Å². The van der Waals surface area contributed by atoms with Crippen molar-refractivity contribution >= 4 is 5.97 Å². The van der Waals surface area contributed by atoms with Gasteiger partial charge in [-0.25, -0.2) is 4.39 Å². The van der Waals surface area contributed by atoms with E-state index < -0.39 is 35.9 Å². The first-order valence-corrected chi connectivity index (χ1v) is 5.40. The summed E-state index contributed by atoms with van der Waals surface area (Å²) in [6.45, 7) is 1.61. The number of carbonyl (C=O) groups excluding carboxylic acids is 1. The first-order chi connectivity index (χ1) is 9.26. The van der Waals surface area contributed by atoms with Crippen LogP contribution >= 0.6 is 0 Å². The lowest BCUT2D eigenvalue weighted by molar-refractivity contribution is -0.274. The van der Waals surface area contributed by atoms with Crippen LogP contribution in [0.3, 0.4) is 0 Å². The van der Waals surface area contributed by atoms with E-state index in [1.165, 1.54) is 6.07 Å². The van der Waals surface area contributed by atoms with Gasteiger partial charge in [-0.05, 0) is 13.0 Å². The number of hydrogen-bond acceptors (Lipinski definition) is 4. The average Bonchev–Trinajstić information content (AvgIpc) is 2.30. The number of halogens is 4. The molecule has 0 aromatic heterocycles. The molecule has 0 saturated carbocycles. The molecule has 0 aliphatic carbocycles. The molecular formula is C12H9F4NO3. The fraction of sp³-hybridized carbons (Fsp3) is 0.333. The van der Waals surface area contributed by atoms with E-state index in [1.807, 2.05) is 0 Å². The minimum Gasteiger partial charge on any atom is -0.466 e. The number of benzene rings is 1. The van der Waals surface area contributed by atoms with E-state index in [-0.39, 0.29) is 12.2 Å². The topological polar surface area (TPSA) is 59.3 Å². The summed E-state index contributed by atoms with van der Waals surface area (Å²) in [6, 6.07) is 2.69. The molecule has 8 heteroatoms. The number of alkyl halides is 3. The predicted octanol–water partition coefficient (Wildman–Crippen LogP) is 2.70. The van der Waals surface area contributed by atoms with E-state index >= 15 is 0 Å². The zero-order chi connectivity index (χ0) is 15.3. The van der Waals surface area contributed by atoms with Gasteiger partial charge in [-0.15, -0.1) is 13.2 Å². The Bertz CT molecular complexity index is 549. The molecule has 0 saturated heterocycles. The highest BCUT2D eigenvalue weighted by Gasteiger charge is 2.32. The number of hydrogen-bond donors (Lipinski definition) is 0. The summed E-state index contributed by atoms with van der Waals surface area (Å²) in [5.74, 6) is -2.79. The van der Waals surface area contributed by atoms with Crippen LogP contribution in [0.25, 0.3) is 0 Å². The minimum atomic E-state index is -5.00. The highest BCUT2D eigenvalue weighted by molar-refractivity contribution is 5.73. The predicted molar refractivity (Wildman–Crippen MR) is 58.1 cm³/mol. The van der Waals surface area contributed by atoms with Crippen molar-refractivity contribution < 1.29 is 31.8 Å². The molecule has 1 aromatic carbocycles. The second kappa shape index (κ2) is 6.23. The van der Waals surface area contributed by atoms with Gasteiger partial charge in [-0.3, -0.25) is 4.79 Å². The fourth-order valence-electron chi connectivity index (χ4n) is 1.44. The largest absolute Gasteiger partial charge is 0.573 e. The lowest BCUT2D eigenvalue weighted by Crippen LogP contribution is -2.18. The summed E-state index contributed by atoms with van der Waals surface area (Å²) in [4.78, 5) is 11.2. The third-order valence-corrected chi connectivity index (χ3v) is 2.15. The van der Waals surface area contributed by atoms with Crippen molar-refractivity contribution in [1.29, 1.82) is 5.26 Å². The van der Waals surface area contributed by atoms with Gasteiger partial charge in [-0.1, -0.05) is 0 Å². The maximum absolute atomic E-state index is 13.7. The monoisotopic (exact) mass is 291 g/mol. The Morgan fingerprint density at radius 2 is 2.05 bits per heavy atom. The molecule has 0 atom stereocenters. The summed E-state index contributed by atoms with van der Waals surface area (Å²) >= 11 is 0. The van der Waals surface area contributed by atoms with Crippen molar-refractivity contribution in [3.8, 4) is 11.8 Å². The van der Waals surface area contributed by atoms with Crippen molar-refractivity contribution in [3.05, 3.63) is 29.1 Å². The zero-order valence-electron chi connectivity index (χ0n) is 10.3. The molecule has 0 amide bonds. The Balaban J connectivity index is 3.09. The molecule has 0 heterocycles. The van der Waals surface area contributed by atoms with E-state index in [2.05, 4.69) is 9.47 Å². The number of carbonyl (C=O) groups is 1. The molecule has 0 spiro atoms. The van der Waals surface area contributed by atoms with Gasteiger partial charge in [0.2, 0.25) is 0 Å². The van der Waals surface area contributed by atoms with Gasteiger partial charge in [0.25, 0.3) is 0 Å². The van der Waals surface area contributed by atoms with Gasteiger partial charge in [0.05, 0.1) is 24.7 Å². The smallest absolute Gasteiger partial charge is 0.466 e. The molecule has 1 aromatic rings. The average molecular weight is 291 g/mol. The van der Waals surface area contributed by atoms with Crippen LogP contribution in [0, 0.1) is 17.1 Å². The van der Waals surface area contributed by atoms with E-state index in [4.69, 9.17) is 5.26 Å². The Hall–Kier alpha value is -2.30. The van der Waals surface area contributed by atoms with Crippen LogP contribution in [0.4, 0.5) is 17.6 Å². The highest BCUT2D eigenvalue weighted by Crippen LogP contribution is 2.27. The number of nitriles is 1. The maximum Gasteiger partial charge on any atom is 0.573 e. The van der Waals surface area contributed by atoms with Gasteiger partial charge in [0.1, 0.15) is 11.6 Å². The van der Waals surface area contributed by atoms with Crippen molar-refractivity contribution in [2.24, 2.45) is 0 Å². The minimum absolute atomic E-state index is 0.0671. The Morgan fingerprint density at radius 3 is 2.55 bits per heavy atom. The molecule has 20 heavy (non-hydrogen) atoms. The summed E-state index contributed by atoms with van der Waals surface area (Å²) < 4.78 is 57.8. The number of rotatable bonds is 4. The second-order valence-corrected chi connectivity index (χ2v) is 3.57. The fourth-order valence-corrected chi connectivity index (χ4v) is 1.44. The molecule has 0 fully saturated rings. The maximum atomic E-state index is 13.7. The van der Waals surface area contributed by atoms with Crippen LogP contribution in [0.15, 0.2) is 12.1 Å². The third kappa shape index (κ3) is 4.42. The van der Waals surface area contributed by atoms with Crippen LogP contribution in [-0.2, 0) is 16.0 Å². The third-order valence-electron chi connectivity index (χ3n) is 2.15. The molecular weight excluding hydrogens is 282 g/mol. The molecule has 108 valence electrons. The Kier molecular flexibility index (Phi) is 4.91. The zero-order valence-corrected chi connectivity index (χ0v) is 10.3. The van der Waals surface area contributed by atoms with E-state index in [1.54, 1.807) is 6.92 Å². The molecule has 0 N–H and O–H groups in total. The summed E-state index contributed by atoms with van der Waals surface area (Å²) in [6.07, 6.45) is -5.54. The first kappa shape index (κ1) is 15.8. The van der Waals surface area contributed by atoms with Crippen molar-refractivity contribution in [2.45, 2.75) is 19.7 Å². The molecule has 0 radical (unpaired) electrons. The van der Waals surface area contributed by atoms with Crippen LogP contribution in [0.1, 0.15) is 18.1 Å². The quantitative estimate of drug-likeness (QED) is 0.632. The molecule has 1 rings (SSSR count). The molecule has 0 aliphatic rings. The SMILES string of the molecule is CCOC(=O)Cc1c(F)cc(OC(F)(F)F)cc1C#N. The van der Waals surface area contributed by atoms with Crippen LogP contribution in [0.2, 0.25) is 0 Å². The van der Waals surface area contributed by atoms with Crippen molar-refractivity contribution in [2.75, 3.05) is 6.61 Å². The van der Waals surface area contributed by atoms with Gasteiger partial charge in [0.15, 0.2) is 0 Å². The summed E-state index contributed by atoms with van der Waals surface area (Å²) in [7, 11) is 0. The Morgan fingerprint density at radius 1 is 1.40 bits per heavy atom. The molecule has 0 unspecified atom stereocenters. The lowest BCUT2D eigenvalue weighted by atomic mass is 10.0. The highest BCUT2D eigenvalue weighted by atomic mass is 19.4. The molecule has 0 bridgehead atoms. The standard InChI is InChI=1S/C12H9F4NO3/c1-2-19-11(18)5-9-7(6-17)3-8(4-10(9)13)20-12(14,15)16/h3-4H,2,5H2,1H3. The first-order valence-electron chi connectivity index (χ1n) is 5.40. The number of ether oxygens (including phenoxy) is 2. The van der Waals surface area contributed by atoms with Gasteiger partial charge in [-0.2, -0.15) is 5.26 Å². The summed E-state index contributed by atoms with van der Waals surface area (Å²) in [5, 5.41) is 8.80. The van der Waals surface area contributed by atoms with E-state index in [0.29, 0.717) is 12.1 Å². The molecule has 4 nitrogen and oxygen atoms in total. The van der Waals surface area contributed by atoms with Gasteiger partial charge < -0.3 is 9.47 Å². The van der Waals surface area contributed by atoms with Crippen LogP contribution in [0.5, 0.6) is 5.75 Å². The van der Waals surface area contributed by atoms with E-state index in [9.17, 15) is 22.4 Å². The molecule has 0 aliphatic heterocycles. The van der Waals surface area contributed by atoms with Gasteiger partial charge in [0, 0.05) is 11.6 Å². The summed E-state index contributed by atoms with van der Waals surface area (Å²) in [5.41, 5.74) is -0.752. The second-order valence-electron chi connectivity index (χ2n) is 3.57. The van der Waals surface area contributed by atoms with Crippen LogP contribution in [-0.4, -0.2) is 18.9 Å². The number of nitrogens with zero attached hydrogens (tertiary/aromatic N) is 1. The lowest BCUT2D eigenvalue weighted by Gasteiger charge is -2.11. The van der Waals surface area contributed by atoms with Crippen LogP contribution < -0.4 is 4.74 Å². The Labute approximate surface area is 111 Å². The number of esters is 1. The normalized spacial score (nSPS) is 10.8. The van der Waals surface area contributed by atoms with Crippen molar-refractivity contribution in [3.63, 3.8) is 0 Å². The van der Waals surface area contributed by atoms with Crippen molar-refractivity contribution in [1.82, 2.24) is 0 Å².